The second-order valence-corrected chi connectivity index (χ2v) is 3.41. The smallest absolute Gasteiger partial charge is 0.263 e. The Hall–Kier alpha value is -0.970. The number of carbonyl (C=O) groups excluding carboxylic acids is 2. The number of nitrogens with one attached hydrogen (secondary N) is 1. The van der Waals surface area contributed by atoms with Crippen LogP contribution in [0.25, 0.3) is 0 Å². The van der Waals surface area contributed by atoms with Gasteiger partial charge in [0.15, 0.2) is 0 Å². The van der Waals surface area contributed by atoms with E-state index in [1.54, 1.807) is 5.41 Å². The molecule has 1 rings (SSSR count). The maximum atomic E-state index is 11.1. The average molecular weight is 200 g/mol. The SMILES string of the molecule is CS/C=C/C(=O)NN1CCCC1=O. The predicted molar refractivity (Wildman–Crippen MR) is 51.7 cm³/mol. The summed E-state index contributed by atoms with van der Waals surface area (Å²) in [6, 6.07) is 0. The lowest BCUT2D eigenvalue weighted by molar-refractivity contribution is -0.136. The fourth-order valence-corrected chi connectivity index (χ4v) is 1.33. The molecule has 1 aliphatic rings. The van der Waals surface area contributed by atoms with Crippen LogP contribution in [-0.2, 0) is 9.59 Å². The third-order valence-electron chi connectivity index (χ3n) is 1.67. The van der Waals surface area contributed by atoms with Crippen molar-refractivity contribution in [2.24, 2.45) is 0 Å². The largest absolute Gasteiger partial charge is 0.273 e. The van der Waals surface area contributed by atoms with Crippen LogP contribution in [-0.4, -0.2) is 29.6 Å². The summed E-state index contributed by atoms with van der Waals surface area (Å²) in [5.74, 6) is -0.254. The van der Waals surface area contributed by atoms with Gasteiger partial charge in [-0.1, -0.05) is 0 Å². The molecule has 0 aliphatic carbocycles. The van der Waals surface area contributed by atoms with Crippen LogP contribution < -0.4 is 5.43 Å². The molecule has 13 heavy (non-hydrogen) atoms. The van der Waals surface area contributed by atoms with E-state index in [0.717, 1.165) is 6.42 Å². The molecule has 1 fully saturated rings. The molecule has 4 nitrogen and oxygen atoms in total. The summed E-state index contributed by atoms with van der Waals surface area (Å²) in [6.07, 6.45) is 4.64. The first-order chi connectivity index (χ1) is 6.24. The number of amides is 2. The van der Waals surface area contributed by atoms with Gasteiger partial charge in [0.05, 0.1) is 0 Å². The quantitative estimate of drug-likeness (QED) is 0.676. The second kappa shape index (κ2) is 4.91. The maximum absolute atomic E-state index is 11.1. The lowest BCUT2D eigenvalue weighted by Crippen LogP contribution is -2.41. The van der Waals surface area contributed by atoms with Crippen LogP contribution in [0.1, 0.15) is 12.8 Å². The Balaban J connectivity index is 2.35. The van der Waals surface area contributed by atoms with Crippen LogP contribution in [0.2, 0.25) is 0 Å². The van der Waals surface area contributed by atoms with Crippen molar-refractivity contribution in [2.45, 2.75) is 12.8 Å². The van der Waals surface area contributed by atoms with Gasteiger partial charge in [-0.2, -0.15) is 0 Å². The van der Waals surface area contributed by atoms with Crippen LogP contribution in [0.15, 0.2) is 11.5 Å². The Morgan fingerprint density at radius 1 is 1.69 bits per heavy atom. The van der Waals surface area contributed by atoms with Crippen molar-refractivity contribution in [3.8, 4) is 0 Å². The first kappa shape index (κ1) is 10.1. The molecule has 1 aliphatic heterocycles. The summed E-state index contributed by atoms with van der Waals surface area (Å²) in [7, 11) is 0. The lowest BCUT2D eigenvalue weighted by atomic mass is 10.4. The van der Waals surface area contributed by atoms with Crippen LogP contribution in [0.4, 0.5) is 0 Å². The predicted octanol–water partition coefficient (Wildman–Crippen LogP) is 0.517. The van der Waals surface area contributed by atoms with E-state index in [2.05, 4.69) is 5.43 Å². The van der Waals surface area contributed by atoms with E-state index in [0.29, 0.717) is 13.0 Å². The van der Waals surface area contributed by atoms with Gasteiger partial charge in [0.1, 0.15) is 0 Å². The van der Waals surface area contributed by atoms with Crippen LogP contribution >= 0.6 is 11.8 Å². The Morgan fingerprint density at radius 3 is 3.00 bits per heavy atom. The summed E-state index contributed by atoms with van der Waals surface area (Å²) >= 11 is 1.44. The summed E-state index contributed by atoms with van der Waals surface area (Å²) in [4.78, 5) is 22.2. The van der Waals surface area contributed by atoms with E-state index in [-0.39, 0.29) is 11.8 Å². The molecule has 72 valence electrons. The normalized spacial score (nSPS) is 17.0. The van der Waals surface area contributed by atoms with Crippen molar-refractivity contribution in [1.29, 1.82) is 0 Å². The fourth-order valence-electron chi connectivity index (χ4n) is 1.07. The molecule has 0 aromatic carbocycles. The molecule has 0 aromatic rings. The van der Waals surface area contributed by atoms with Gasteiger partial charge in [-0.05, 0) is 18.1 Å². The zero-order valence-electron chi connectivity index (χ0n) is 7.45. The van der Waals surface area contributed by atoms with Gasteiger partial charge in [0, 0.05) is 19.0 Å². The molecule has 2 amide bonds. The van der Waals surface area contributed by atoms with Gasteiger partial charge in [-0.3, -0.25) is 20.0 Å². The molecule has 0 aromatic heterocycles. The molecule has 0 bridgehead atoms. The zero-order chi connectivity index (χ0) is 9.68. The van der Waals surface area contributed by atoms with Crippen molar-refractivity contribution in [3.63, 3.8) is 0 Å². The van der Waals surface area contributed by atoms with Gasteiger partial charge in [0.2, 0.25) is 5.91 Å². The summed E-state index contributed by atoms with van der Waals surface area (Å²) < 4.78 is 0. The number of hydrogen-bond donors (Lipinski definition) is 1. The van der Waals surface area contributed by atoms with Crippen molar-refractivity contribution in [2.75, 3.05) is 12.8 Å². The first-order valence-electron chi connectivity index (χ1n) is 4.04. The molecule has 0 radical (unpaired) electrons. The Morgan fingerprint density at radius 2 is 2.46 bits per heavy atom. The van der Waals surface area contributed by atoms with Crippen molar-refractivity contribution in [3.05, 3.63) is 11.5 Å². The van der Waals surface area contributed by atoms with Crippen molar-refractivity contribution >= 4 is 23.6 Å². The lowest BCUT2D eigenvalue weighted by Gasteiger charge is -2.14. The first-order valence-corrected chi connectivity index (χ1v) is 5.33. The Kier molecular flexibility index (Phi) is 3.82. The second-order valence-electron chi connectivity index (χ2n) is 2.66. The van der Waals surface area contributed by atoms with E-state index < -0.39 is 0 Å². The molecule has 0 spiro atoms. The molecule has 0 atom stereocenters. The third-order valence-corrected chi connectivity index (χ3v) is 2.08. The number of hydrazine groups is 1. The minimum Gasteiger partial charge on any atom is -0.273 e. The zero-order valence-corrected chi connectivity index (χ0v) is 8.26. The Bertz CT molecular complexity index is 240. The van der Waals surface area contributed by atoms with Gasteiger partial charge >= 0.3 is 0 Å². The average Bonchev–Trinajstić information content (AvgIpc) is 2.48. The Labute approximate surface area is 81.3 Å². The summed E-state index contributed by atoms with van der Waals surface area (Å²) in [5, 5.41) is 3.04. The van der Waals surface area contributed by atoms with E-state index in [9.17, 15) is 9.59 Å². The summed E-state index contributed by atoms with van der Waals surface area (Å²) in [5.41, 5.74) is 2.51. The van der Waals surface area contributed by atoms with Gasteiger partial charge < -0.3 is 0 Å². The summed E-state index contributed by atoms with van der Waals surface area (Å²) in [6.45, 7) is 0.623. The van der Waals surface area contributed by atoms with Crippen molar-refractivity contribution in [1.82, 2.24) is 10.4 Å². The van der Waals surface area contributed by atoms with E-state index in [1.807, 2.05) is 6.26 Å². The molecular weight excluding hydrogens is 188 g/mol. The molecule has 1 heterocycles. The van der Waals surface area contributed by atoms with E-state index >= 15 is 0 Å². The van der Waals surface area contributed by atoms with Gasteiger partial charge in [0.25, 0.3) is 5.91 Å². The minimum absolute atomic E-state index is 0.00842. The minimum atomic E-state index is -0.246. The number of thioether (sulfide) groups is 1. The highest BCUT2D eigenvalue weighted by Gasteiger charge is 2.20. The van der Waals surface area contributed by atoms with Gasteiger partial charge in [-0.15, -0.1) is 11.8 Å². The van der Waals surface area contributed by atoms with Gasteiger partial charge in [-0.25, -0.2) is 0 Å². The molecule has 1 N–H and O–H groups in total. The van der Waals surface area contributed by atoms with E-state index in [1.165, 1.54) is 22.8 Å². The van der Waals surface area contributed by atoms with Crippen molar-refractivity contribution < 1.29 is 9.59 Å². The van der Waals surface area contributed by atoms with Crippen LogP contribution in [0, 0.1) is 0 Å². The molecule has 0 saturated carbocycles. The number of carbonyl (C=O) groups is 2. The highest BCUT2D eigenvalue weighted by molar-refractivity contribution is 8.01. The molecule has 1 saturated heterocycles. The molecule has 0 unspecified atom stereocenters. The maximum Gasteiger partial charge on any atom is 0.263 e. The highest BCUT2D eigenvalue weighted by atomic mass is 32.2. The van der Waals surface area contributed by atoms with Crippen LogP contribution in [0.3, 0.4) is 0 Å². The standard InChI is InChI=1S/C8H12N2O2S/c1-13-6-4-7(11)9-10-5-2-3-8(10)12/h4,6H,2-3,5H2,1H3,(H,9,11)/b6-4+. The number of hydrogen-bond acceptors (Lipinski definition) is 3. The number of rotatable bonds is 3. The van der Waals surface area contributed by atoms with E-state index in [4.69, 9.17) is 0 Å². The topological polar surface area (TPSA) is 49.4 Å². The monoisotopic (exact) mass is 200 g/mol. The third kappa shape index (κ3) is 3.10. The molecular formula is C8H12N2O2S. The van der Waals surface area contributed by atoms with Crippen LogP contribution in [0.5, 0.6) is 0 Å². The fraction of sp³-hybridized carbons (Fsp3) is 0.500. The highest BCUT2D eigenvalue weighted by Crippen LogP contribution is 2.06. The number of nitrogens with zero attached hydrogens (tertiary/aromatic N) is 1. The molecule has 5 heteroatoms.